The second-order valence-corrected chi connectivity index (χ2v) is 5.03. The molecule has 0 aromatic heterocycles. The summed E-state index contributed by atoms with van der Waals surface area (Å²) in [6, 6.07) is 14.1. The second kappa shape index (κ2) is 4.54. The molecule has 0 saturated carbocycles. The van der Waals surface area contributed by atoms with Crippen molar-refractivity contribution in [2.24, 2.45) is 0 Å². The van der Waals surface area contributed by atoms with Crippen LogP contribution in [0, 0.1) is 0 Å². The molecule has 0 fully saturated rings. The van der Waals surface area contributed by atoms with E-state index in [0.29, 0.717) is 0 Å². The molecule has 2 aromatic rings. The van der Waals surface area contributed by atoms with Gasteiger partial charge in [-0.3, -0.25) is 0 Å². The summed E-state index contributed by atoms with van der Waals surface area (Å²) in [5.74, 6) is 0. The number of rotatable bonds is 2. The lowest BCUT2D eigenvalue weighted by Gasteiger charge is -2.21. The Balaban J connectivity index is 1.92. The quantitative estimate of drug-likeness (QED) is 0.836. The van der Waals surface area contributed by atoms with Gasteiger partial charge in [0.2, 0.25) is 0 Å². The predicted molar refractivity (Wildman–Crippen MR) is 77.1 cm³/mol. The average molecular weight is 259 g/mol. The van der Waals surface area contributed by atoms with Gasteiger partial charge < -0.3 is 10.6 Å². The fourth-order valence-corrected chi connectivity index (χ4v) is 2.75. The molecule has 0 aliphatic carbocycles. The number of nitrogens with zero attached hydrogens (tertiary/aromatic N) is 1. The lowest BCUT2D eigenvalue weighted by Crippen LogP contribution is -2.20. The molecule has 0 atom stereocenters. The zero-order valence-electron chi connectivity index (χ0n) is 10.1. The molecule has 3 rings (SSSR count). The number of nitrogen functional groups attached to an aromatic ring is 1. The SMILES string of the molecule is Nc1cccc2c1N(Cc1ccccc1Cl)CC2. The highest BCUT2D eigenvalue weighted by Crippen LogP contribution is 2.35. The summed E-state index contributed by atoms with van der Waals surface area (Å²) >= 11 is 6.21. The summed E-state index contributed by atoms with van der Waals surface area (Å²) in [5, 5.41) is 0.820. The Hall–Kier alpha value is -1.67. The van der Waals surface area contributed by atoms with E-state index in [-0.39, 0.29) is 0 Å². The van der Waals surface area contributed by atoms with Gasteiger partial charge in [0.15, 0.2) is 0 Å². The highest BCUT2D eigenvalue weighted by molar-refractivity contribution is 6.31. The van der Waals surface area contributed by atoms with Crippen molar-refractivity contribution in [1.29, 1.82) is 0 Å². The molecular weight excluding hydrogens is 244 g/mol. The maximum atomic E-state index is 6.21. The van der Waals surface area contributed by atoms with Crippen molar-refractivity contribution < 1.29 is 0 Å². The molecule has 1 heterocycles. The fourth-order valence-electron chi connectivity index (χ4n) is 2.56. The Morgan fingerprint density at radius 2 is 1.94 bits per heavy atom. The Labute approximate surface area is 112 Å². The minimum Gasteiger partial charge on any atom is -0.397 e. The van der Waals surface area contributed by atoms with E-state index in [1.54, 1.807) is 0 Å². The number of halogens is 1. The van der Waals surface area contributed by atoms with Crippen LogP contribution in [0.15, 0.2) is 42.5 Å². The Morgan fingerprint density at radius 1 is 1.11 bits per heavy atom. The first-order valence-corrected chi connectivity index (χ1v) is 6.49. The van der Waals surface area contributed by atoms with Gasteiger partial charge in [0.25, 0.3) is 0 Å². The van der Waals surface area contributed by atoms with Gasteiger partial charge >= 0.3 is 0 Å². The van der Waals surface area contributed by atoms with E-state index < -0.39 is 0 Å². The molecule has 0 unspecified atom stereocenters. The molecule has 18 heavy (non-hydrogen) atoms. The zero-order chi connectivity index (χ0) is 12.5. The van der Waals surface area contributed by atoms with Crippen LogP contribution in [0.5, 0.6) is 0 Å². The summed E-state index contributed by atoms with van der Waals surface area (Å²) in [7, 11) is 0. The molecule has 0 spiro atoms. The lowest BCUT2D eigenvalue weighted by atomic mass is 10.1. The molecule has 2 nitrogen and oxygen atoms in total. The number of nitrogens with two attached hydrogens (primary N) is 1. The highest BCUT2D eigenvalue weighted by atomic mass is 35.5. The number of benzene rings is 2. The summed E-state index contributed by atoms with van der Waals surface area (Å²) in [6.45, 7) is 1.83. The van der Waals surface area contributed by atoms with Crippen LogP contribution in [0.1, 0.15) is 11.1 Å². The van der Waals surface area contributed by atoms with E-state index >= 15 is 0 Å². The van der Waals surface area contributed by atoms with Crippen LogP contribution in [-0.2, 0) is 13.0 Å². The smallest absolute Gasteiger partial charge is 0.0636 e. The number of para-hydroxylation sites is 1. The van der Waals surface area contributed by atoms with Crippen LogP contribution in [-0.4, -0.2) is 6.54 Å². The third-order valence-corrected chi connectivity index (χ3v) is 3.81. The third kappa shape index (κ3) is 1.93. The average Bonchev–Trinajstić information content (AvgIpc) is 2.77. The van der Waals surface area contributed by atoms with Crippen molar-refractivity contribution in [1.82, 2.24) is 0 Å². The molecule has 2 N–H and O–H groups in total. The van der Waals surface area contributed by atoms with E-state index in [4.69, 9.17) is 17.3 Å². The van der Waals surface area contributed by atoms with Crippen molar-refractivity contribution in [3.05, 3.63) is 58.6 Å². The number of anilines is 2. The molecule has 0 bridgehead atoms. The van der Waals surface area contributed by atoms with Crippen LogP contribution in [0.2, 0.25) is 5.02 Å². The van der Waals surface area contributed by atoms with Gasteiger partial charge in [-0.2, -0.15) is 0 Å². The zero-order valence-corrected chi connectivity index (χ0v) is 10.8. The third-order valence-electron chi connectivity index (χ3n) is 3.44. The van der Waals surface area contributed by atoms with Gasteiger partial charge in [0.1, 0.15) is 0 Å². The van der Waals surface area contributed by atoms with Crippen LogP contribution >= 0.6 is 11.6 Å². The molecule has 3 heteroatoms. The van der Waals surface area contributed by atoms with Crippen LogP contribution in [0.4, 0.5) is 11.4 Å². The van der Waals surface area contributed by atoms with E-state index in [1.807, 2.05) is 30.3 Å². The first-order valence-electron chi connectivity index (χ1n) is 6.11. The van der Waals surface area contributed by atoms with E-state index in [1.165, 1.54) is 11.3 Å². The van der Waals surface area contributed by atoms with Gasteiger partial charge in [-0.25, -0.2) is 0 Å². The summed E-state index contributed by atoms with van der Waals surface area (Å²) < 4.78 is 0. The summed E-state index contributed by atoms with van der Waals surface area (Å²) in [6.07, 6.45) is 1.06. The first-order chi connectivity index (χ1) is 8.75. The Bertz CT molecular complexity index is 580. The number of fused-ring (bicyclic) bond motifs is 1. The molecule has 0 saturated heterocycles. The van der Waals surface area contributed by atoms with Gasteiger partial charge in [0.05, 0.1) is 11.4 Å². The topological polar surface area (TPSA) is 29.3 Å². The van der Waals surface area contributed by atoms with E-state index in [2.05, 4.69) is 17.0 Å². The second-order valence-electron chi connectivity index (χ2n) is 4.62. The van der Waals surface area contributed by atoms with Crippen molar-refractivity contribution in [3.63, 3.8) is 0 Å². The Kier molecular flexibility index (Phi) is 2.88. The van der Waals surface area contributed by atoms with E-state index in [0.717, 1.165) is 35.8 Å². The van der Waals surface area contributed by atoms with E-state index in [9.17, 15) is 0 Å². The molecule has 0 radical (unpaired) electrons. The monoisotopic (exact) mass is 258 g/mol. The van der Waals surface area contributed by atoms with Gasteiger partial charge in [-0.1, -0.05) is 41.9 Å². The van der Waals surface area contributed by atoms with Gasteiger partial charge in [-0.05, 0) is 29.7 Å². The molecular formula is C15H15ClN2. The number of hydrogen-bond donors (Lipinski definition) is 1. The van der Waals surface area contributed by atoms with Crippen molar-refractivity contribution in [2.45, 2.75) is 13.0 Å². The minimum atomic E-state index is 0.820. The van der Waals surface area contributed by atoms with Gasteiger partial charge in [0, 0.05) is 18.1 Å². The number of hydrogen-bond acceptors (Lipinski definition) is 2. The summed E-state index contributed by atoms with van der Waals surface area (Å²) in [5.41, 5.74) is 10.6. The fraction of sp³-hybridized carbons (Fsp3) is 0.200. The maximum Gasteiger partial charge on any atom is 0.0636 e. The van der Waals surface area contributed by atoms with Crippen molar-refractivity contribution in [2.75, 3.05) is 17.2 Å². The Morgan fingerprint density at radius 3 is 2.78 bits per heavy atom. The van der Waals surface area contributed by atoms with Crippen LogP contribution in [0.25, 0.3) is 0 Å². The summed E-state index contributed by atoms with van der Waals surface area (Å²) in [4.78, 5) is 2.31. The lowest BCUT2D eigenvalue weighted by molar-refractivity contribution is 0.837. The maximum absolute atomic E-state index is 6.21. The van der Waals surface area contributed by atoms with Crippen molar-refractivity contribution >= 4 is 23.0 Å². The van der Waals surface area contributed by atoms with Crippen LogP contribution in [0.3, 0.4) is 0 Å². The van der Waals surface area contributed by atoms with Crippen LogP contribution < -0.4 is 10.6 Å². The normalized spacial score (nSPS) is 13.7. The standard InChI is InChI=1S/C15H15ClN2/c16-13-6-2-1-4-12(13)10-18-9-8-11-5-3-7-14(17)15(11)18/h1-7H,8-10,17H2. The van der Waals surface area contributed by atoms with Gasteiger partial charge in [-0.15, -0.1) is 0 Å². The molecule has 0 amide bonds. The molecule has 92 valence electrons. The molecule has 1 aliphatic rings. The molecule has 1 aliphatic heterocycles. The predicted octanol–water partition coefficient (Wildman–Crippen LogP) is 3.48. The molecule has 2 aromatic carbocycles. The first kappa shape index (κ1) is 11.4. The van der Waals surface area contributed by atoms with Crippen molar-refractivity contribution in [3.8, 4) is 0 Å². The highest BCUT2D eigenvalue weighted by Gasteiger charge is 2.21. The largest absolute Gasteiger partial charge is 0.397 e. The minimum absolute atomic E-state index is 0.820.